The van der Waals surface area contributed by atoms with E-state index in [-0.39, 0.29) is 30.8 Å². The van der Waals surface area contributed by atoms with Gasteiger partial charge in [-0.25, -0.2) is 4.79 Å². The van der Waals surface area contributed by atoms with E-state index in [0.717, 1.165) is 5.56 Å². The largest absolute Gasteiger partial charge is 0.466 e. The standard InChI is InChI=1S/C18H22ClNO5/c1-3-25-17(22)11-16(21)13-8-9-20(18(23)24-2)15(10-13)12-4-6-14(19)7-5-12/h4-7,13,15H,3,8-11H2,1-2H3. The Bertz CT molecular complexity index is 631. The highest BCUT2D eigenvalue weighted by Gasteiger charge is 2.36. The summed E-state index contributed by atoms with van der Waals surface area (Å²) in [6.07, 6.45) is 0.271. The fourth-order valence-electron chi connectivity index (χ4n) is 3.09. The van der Waals surface area contributed by atoms with Gasteiger partial charge in [0.1, 0.15) is 12.2 Å². The van der Waals surface area contributed by atoms with Crippen LogP contribution in [0.25, 0.3) is 0 Å². The number of ether oxygens (including phenoxy) is 2. The van der Waals surface area contributed by atoms with E-state index in [1.165, 1.54) is 7.11 Å². The van der Waals surface area contributed by atoms with Crippen LogP contribution in [-0.4, -0.2) is 43.0 Å². The molecule has 1 heterocycles. The van der Waals surface area contributed by atoms with Crippen molar-refractivity contribution in [3.05, 3.63) is 34.9 Å². The van der Waals surface area contributed by atoms with Crippen molar-refractivity contribution in [2.45, 2.75) is 32.2 Å². The van der Waals surface area contributed by atoms with Crippen molar-refractivity contribution in [1.82, 2.24) is 4.90 Å². The van der Waals surface area contributed by atoms with Crippen LogP contribution < -0.4 is 0 Å². The lowest BCUT2D eigenvalue weighted by atomic mass is 9.84. The number of amides is 1. The molecule has 2 rings (SSSR count). The number of benzene rings is 1. The highest BCUT2D eigenvalue weighted by molar-refractivity contribution is 6.30. The highest BCUT2D eigenvalue weighted by atomic mass is 35.5. The van der Waals surface area contributed by atoms with Crippen molar-refractivity contribution in [2.24, 2.45) is 5.92 Å². The highest BCUT2D eigenvalue weighted by Crippen LogP contribution is 2.36. The molecular formula is C18H22ClNO5. The van der Waals surface area contributed by atoms with Gasteiger partial charge in [0.25, 0.3) is 0 Å². The number of ketones is 1. The Morgan fingerprint density at radius 1 is 1.24 bits per heavy atom. The zero-order valence-corrected chi connectivity index (χ0v) is 15.1. The van der Waals surface area contributed by atoms with Crippen LogP contribution in [0.15, 0.2) is 24.3 Å². The minimum absolute atomic E-state index is 0.151. The average Bonchev–Trinajstić information content (AvgIpc) is 2.61. The van der Waals surface area contributed by atoms with Gasteiger partial charge in [-0.2, -0.15) is 0 Å². The Kier molecular flexibility index (Phi) is 6.82. The van der Waals surface area contributed by atoms with Crippen molar-refractivity contribution in [3.63, 3.8) is 0 Å². The normalized spacial score (nSPS) is 20.0. The van der Waals surface area contributed by atoms with E-state index in [4.69, 9.17) is 21.1 Å². The fourth-order valence-corrected chi connectivity index (χ4v) is 3.22. The first-order chi connectivity index (χ1) is 12.0. The van der Waals surface area contributed by atoms with Crippen LogP contribution in [0, 0.1) is 5.92 Å². The summed E-state index contributed by atoms with van der Waals surface area (Å²) in [7, 11) is 1.33. The number of likely N-dealkylation sites (tertiary alicyclic amines) is 1. The number of nitrogens with zero attached hydrogens (tertiary/aromatic N) is 1. The molecule has 1 aliphatic rings. The number of rotatable bonds is 5. The van der Waals surface area contributed by atoms with Crippen molar-refractivity contribution in [2.75, 3.05) is 20.3 Å². The SMILES string of the molecule is CCOC(=O)CC(=O)C1CCN(C(=O)OC)C(c2ccc(Cl)cc2)C1. The number of Topliss-reactive ketones (excluding diaryl/α,β-unsaturated/α-hetero) is 1. The van der Waals surface area contributed by atoms with Gasteiger partial charge >= 0.3 is 12.1 Å². The number of halogens is 1. The quantitative estimate of drug-likeness (QED) is 0.589. The van der Waals surface area contributed by atoms with Crippen LogP contribution in [0.2, 0.25) is 5.02 Å². The Balaban J connectivity index is 2.15. The second-order valence-electron chi connectivity index (χ2n) is 5.90. The van der Waals surface area contributed by atoms with E-state index in [1.54, 1.807) is 24.0 Å². The molecule has 0 radical (unpaired) electrons. The molecular weight excluding hydrogens is 346 g/mol. The Morgan fingerprint density at radius 3 is 2.52 bits per heavy atom. The number of carbonyl (C=O) groups is 3. The third-order valence-corrected chi connectivity index (χ3v) is 4.60. The summed E-state index contributed by atoms with van der Waals surface area (Å²) >= 11 is 5.93. The van der Waals surface area contributed by atoms with E-state index in [1.807, 2.05) is 12.1 Å². The van der Waals surface area contributed by atoms with Gasteiger partial charge in [-0.3, -0.25) is 9.59 Å². The minimum atomic E-state index is -0.508. The molecule has 1 fully saturated rings. The number of hydrogen-bond donors (Lipinski definition) is 0. The smallest absolute Gasteiger partial charge is 0.409 e. The number of carbonyl (C=O) groups excluding carboxylic acids is 3. The average molecular weight is 368 g/mol. The van der Waals surface area contributed by atoms with Gasteiger partial charge in [-0.1, -0.05) is 23.7 Å². The molecule has 0 saturated carbocycles. The van der Waals surface area contributed by atoms with Gasteiger partial charge < -0.3 is 14.4 Å². The molecule has 0 spiro atoms. The van der Waals surface area contributed by atoms with Gasteiger partial charge in [-0.15, -0.1) is 0 Å². The first kappa shape index (κ1) is 19.2. The molecule has 2 atom stereocenters. The van der Waals surface area contributed by atoms with E-state index in [2.05, 4.69) is 0 Å². The summed E-state index contributed by atoms with van der Waals surface area (Å²) in [4.78, 5) is 37.6. The van der Waals surface area contributed by atoms with E-state index in [0.29, 0.717) is 24.4 Å². The molecule has 0 N–H and O–H groups in total. The zero-order chi connectivity index (χ0) is 18.4. The van der Waals surface area contributed by atoms with Crippen LogP contribution in [-0.2, 0) is 19.1 Å². The maximum Gasteiger partial charge on any atom is 0.409 e. The maximum absolute atomic E-state index is 12.4. The molecule has 0 aromatic heterocycles. The summed E-state index contributed by atoms with van der Waals surface area (Å²) in [5.74, 6) is -0.959. The molecule has 25 heavy (non-hydrogen) atoms. The van der Waals surface area contributed by atoms with E-state index < -0.39 is 12.1 Å². The van der Waals surface area contributed by atoms with Crippen molar-refractivity contribution < 1.29 is 23.9 Å². The van der Waals surface area contributed by atoms with Gasteiger partial charge in [0.2, 0.25) is 0 Å². The summed E-state index contributed by atoms with van der Waals surface area (Å²) < 4.78 is 9.71. The summed E-state index contributed by atoms with van der Waals surface area (Å²) in [6, 6.07) is 6.87. The van der Waals surface area contributed by atoms with E-state index in [9.17, 15) is 14.4 Å². The minimum Gasteiger partial charge on any atom is -0.466 e. The second kappa shape index (κ2) is 8.85. The molecule has 1 aromatic rings. The Labute approximate surface area is 152 Å². The van der Waals surface area contributed by atoms with Crippen molar-refractivity contribution in [1.29, 1.82) is 0 Å². The number of piperidine rings is 1. The first-order valence-electron chi connectivity index (χ1n) is 8.24. The molecule has 1 aromatic carbocycles. The van der Waals surface area contributed by atoms with Gasteiger partial charge in [0.15, 0.2) is 0 Å². The number of methoxy groups -OCH3 is 1. The van der Waals surface area contributed by atoms with Crippen LogP contribution in [0.1, 0.15) is 37.8 Å². The lowest BCUT2D eigenvalue weighted by Gasteiger charge is -2.38. The van der Waals surface area contributed by atoms with Gasteiger partial charge in [-0.05, 0) is 37.5 Å². The topological polar surface area (TPSA) is 72.9 Å². The molecule has 7 heteroatoms. The molecule has 1 aliphatic heterocycles. The number of esters is 1. The zero-order valence-electron chi connectivity index (χ0n) is 14.4. The van der Waals surface area contributed by atoms with Gasteiger partial charge in [0, 0.05) is 17.5 Å². The summed E-state index contributed by atoms with van der Waals surface area (Å²) in [6.45, 7) is 2.34. The predicted octanol–water partition coefficient (Wildman–Crippen LogP) is 3.38. The lowest BCUT2D eigenvalue weighted by molar-refractivity contribution is -0.146. The van der Waals surface area contributed by atoms with Crippen LogP contribution in [0.5, 0.6) is 0 Å². The first-order valence-corrected chi connectivity index (χ1v) is 8.62. The molecule has 1 amide bonds. The molecule has 1 saturated heterocycles. The Morgan fingerprint density at radius 2 is 1.92 bits per heavy atom. The lowest BCUT2D eigenvalue weighted by Crippen LogP contribution is -2.42. The van der Waals surface area contributed by atoms with Crippen molar-refractivity contribution in [3.8, 4) is 0 Å². The third kappa shape index (κ3) is 4.95. The molecule has 0 bridgehead atoms. The monoisotopic (exact) mass is 367 g/mol. The number of hydrogen-bond acceptors (Lipinski definition) is 5. The van der Waals surface area contributed by atoms with E-state index >= 15 is 0 Å². The predicted molar refractivity (Wildman–Crippen MR) is 92.3 cm³/mol. The van der Waals surface area contributed by atoms with Gasteiger partial charge in [0.05, 0.1) is 19.8 Å². The fraction of sp³-hybridized carbons (Fsp3) is 0.500. The summed E-state index contributed by atoms with van der Waals surface area (Å²) in [5, 5.41) is 0.596. The molecule has 136 valence electrons. The maximum atomic E-state index is 12.4. The molecule has 0 aliphatic carbocycles. The van der Waals surface area contributed by atoms with Crippen LogP contribution in [0.4, 0.5) is 4.79 Å². The molecule has 2 unspecified atom stereocenters. The van der Waals surface area contributed by atoms with Crippen molar-refractivity contribution >= 4 is 29.4 Å². The Hall–Kier alpha value is -2.08. The van der Waals surface area contributed by atoms with Crippen LogP contribution in [0.3, 0.4) is 0 Å². The third-order valence-electron chi connectivity index (χ3n) is 4.35. The second-order valence-corrected chi connectivity index (χ2v) is 6.34. The summed E-state index contributed by atoms with van der Waals surface area (Å²) in [5.41, 5.74) is 0.878. The molecule has 6 nitrogen and oxygen atoms in total. The van der Waals surface area contributed by atoms with Crippen LogP contribution >= 0.6 is 11.6 Å².